The van der Waals surface area contributed by atoms with Gasteiger partial charge in [0.15, 0.2) is 0 Å². The number of rotatable bonds is 5. The summed E-state index contributed by atoms with van der Waals surface area (Å²) >= 11 is 0. The van der Waals surface area contributed by atoms with Gasteiger partial charge in [-0.3, -0.25) is 9.48 Å². The first-order valence-corrected chi connectivity index (χ1v) is 7.44. The van der Waals surface area contributed by atoms with Crippen LogP contribution in [0.3, 0.4) is 0 Å². The van der Waals surface area contributed by atoms with Gasteiger partial charge >= 0.3 is 0 Å². The molecule has 1 amide bonds. The largest absolute Gasteiger partial charge is 0.459 e. The van der Waals surface area contributed by atoms with Crippen LogP contribution in [0.15, 0.2) is 47.1 Å². The number of amides is 1. The second kappa shape index (κ2) is 6.05. The van der Waals surface area contributed by atoms with Crippen LogP contribution in [0.4, 0.5) is 0 Å². The summed E-state index contributed by atoms with van der Waals surface area (Å²) in [6.45, 7) is 4.37. The number of carbonyl (C=O) groups excluding carboxylic acids is 1. The van der Waals surface area contributed by atoms with Crippen molar-refractivity contribution in [1.82, 2.24) is 15.1 Å². The third-order valence-electron chi connectivity index (χ3n) is 3.90. The van der Waals surface area contributed by atoms with Gasteiger partial charge in [0, 0.05) is 23.3 Å². The van der Waals surface area contributed by atoms with Crippen LogP contribution in [-0.2, 0) is 11.3 Å². The number of aryl methyl sites for hydroxylation is 1. The lowest BCUT2D eigenvalue weighted by Crippen LogP contribution is -2.32. The summed E-state index contributed by atoms with van der Waals surface area (Å²) in [5.41, 5.74) is 1.92. The van der Waals surface area contributed by atoms with Crippen LogP contribution < -0.4 is 5.32 Å². The van der Waals surface area contributed by atoms with E-state index in [0.29, 0.717) is 13.0 Å². The average molecular weight is 297 g/mol. The van der Waals surface area contributed by atoms with Gasteiger partial charge in [-0.15, -0.1) is 0 Å². The highest BCUT2D eigenvalue weighted by Gasteiger charge is 2.19. The first-order valence-electron chi connectivity index (χ1n) is 7.44. The molecule has 0 aliphatic carbocycles. The van der Waals surface area contributed by atoms with Gasteiger partial charge in [0.25, 0.3) is 0 Å². The van der Waals surface area contributed by atoms with E-state index >= 15 is 0 Å². The fourth-order valence-electron chi connectivity index (χ4n) is 2.64. The third kappa shape index (κ3) is 2.62. The molecule has 0 bridgehead atoms. The topological polar surface area (TPSA) is 60.1 Å². The Labute approximate surface area is 128 Å². The highest BCUT2D eigenvalue weighted by Crippen LogP contribution is 2.24. The van der Waals surface area contributed by atoms with Gasteiger partial charge in [0.05, 0.1) is 6.54 Å². The predicted octanol–water partition coefficient (Wildman–Crippen LogP) is 3.21. The van der Waals surface area contributed by atoms with Gasteiger partial charge in [-0.2, -0.15) is 5.10 Å². The number of furan rings is 1. The van der Waals surface area contributed by atoms with Crippen molar-refractivity contribution in [2.45, 2.75) is 32.9 Å². The average Bonchev–Trinajstić information content (AvgIpc) is 3.15. The van der Waals surface area contributed by atoms with Crippen molar-refractivity contribution >= 4 is 16.9 Å². The summed E-state index contributed by atoms with van der Waals surface area (Å²) < 4.78 is 7.50. The molecule has 1 N–H and O–H groups in total. The van der Waals surface area contributed by atoms with Crippen LogP contribution in [0.25, 0.3) is 11.0 Å². The molecule has 0 saturated carbocycles. The molecular weight excluding hydrogens is 278 g/mol. The van der Waals surface area contributed by atoms with E-state index in [1.54, 1.807) is 17.1 Å². The summed E-state index contributed by atoms with van der Waals surface area (Å²) in [6.07, 6.45) is 4.17. The van der Waals surface area contributed by atoms with Crippen LogP contribution in [0, 0.1) is 6.92 Å². The van der Waals surface area contributed by atoms with Crippen LogP contribution in [0.5, 0.6) is 0 Å². The summed E-state index contributed by atoms with van der Waals surface area (Å²) in [7, 11) is 0. The zero-order chi connectivity index (χ0) is 15.5. The molecule has 22 heavy (non-hydrogen) atoms. The van der Waals surface area contributed by atoms with E-state index in [4.69, 9.17) is 4.42 Å². The number of para-hydroxylation sites is 1. The van der Waals surface area contributed by atoms with E-state index in [9.17, 15) is 4.79 Å². The van der Waals surface area contributed by atoms with Crippen molar-refractivity contribution in [1.29, 1.82) is 0 Å². The number of hydrogen-bond acceptors (Lipinski definition) is 3. The Morgan fingerprint density at radius 1 is 1.36 bits per heavy atom. The minimum Gasteiger partial charge on any atom is -0.459 e. The van der Waals surface area contributed by atoms with Gasteiger partial charge in [-0.05, 0) is 25.5 Å². The molecular formula is C17H19N3O2. The fourth-order valence-corrected chi connectivity index (χ4v) is 2.64. The highest BCUT2D eigenvalue weighted by molar-refractivity contribution is 5.83. The summed E-state index contributed by atoms with van der Waals surface area (Å²) in [4.78, 5) is 12.4. The SMILES string of the molecule is CC[C@H](C(=O)NCc1oc2ccccc2c1C)n1cccn1. The lowest BCUT2D eigenvalue weighted by Gasteiger charge is -2.15. The first kappa shape index (κ1) is 14.4. The van der Waals surface area contributed by atoms with E-state index < -0.39 is 0 Å². The van der Waals surface area contributed by atoms with E-state index in [0.717, 1.165) is 22.3 Å². The normalized spacial score (nSPS) is 12.5. The van der Waals surface area contributed by atoms with Gasteiger partial charge in [0.2, 0.25) is 5.91 Å². The van der Waals surface area contributed by atoms with Gasteiger partial charge in [-0.1, -0.05) is 25.1 Å². The van der Waals surface area contributed by atoms with Crippen LogP contribution in [0.2, 0.25) is 0 Å². The number of fused-ring (bicyclic) bond motifs is 1. The number of carbonyl (C=O) groups is 1. The standard InChI is InChI=1S/C17H19N3O2/c1-3-14(20-10-6-9-19-20)17(21)18-11-16-12(2)13-7-4-5-8-15(13)22-16/h4-10,14H,3,11H2,1-2H3,(H,18,21)/t14-/m1/s1. The molecule has 0 aliphatic rings. The molecule has 5 heteroatoms. The van der Waals surface area contributed by atoms with Crippen LogP contribution in [0.1, 0.15) is 30.7 Å². The molecule has 2 aromatic heterocycles. The Balaban J connectivity index is 1.73. The second-order valence-electron chi connectivity index (χ2n) is 5.27. The van der Waals surface area contributed by atoms with Crippen LogP contribution >= 0.6 is 0 Å². The number of benzene rings is 1. The number of aromatic nitrogens is 2. The van der Waals surface area contributed by atoms with Crippen molar-refractivity contribution in [3.63, 3.8) is 0 Å². The van der Waals surface area contributed by atoms with E-state index in [1.165, 1.54) is 0 Å². The monoisotopic (exact) mass is 297 g/mol. The molecule has 0 radical (unpaired) electrons. The maximum atomic E-state index is 12.4. The molecule has 0 fully saturated rings. The Morgan fingerprint density at radius 2 is 2.18 bits per heavy atom. The Bertz CT molecular complexity index is 774. The van der Waals surface area contributed by atoms with E-state index in [2.05, 4.69) is 10.4 Å². The molecule has 1 atom stereocenters. The second-order valence-corrected chi connectivity index (χ2v) is 5.27. The molecule has 1 aromatic carbocycles. The highest BCUT2D eigenvalue weighted by atomic mass is 16.3. The molecule has 0 saturated heterocycles. The summed E-state index contributed by atoms with van der Waals surface area (Å²) in [5, 5.41) is 8.18. The fraction of sp³-hybridized carbons (Fsp3) is 0.294. The Hall–Kier alpha value is -2.56. The van der Waals surface area contributed by atoms with Crippen molar-refractivity contribution in [3.8, 4) is 0 Å². The van der Waals surface area contributed by atoms with Gasteiger partial charge in [-0.25, -0.2) is 0 Å². The first-order chi connectivity index (χ1) is 10.7. The molecule has 0 aliphatic heterocycles. The third-order valence-corrected chi connectivity index (χ3v) is 3.90. The molecule has 0 spiro atoms. The molecule has 2 heterocycles. The zero-order valence-electron chi connectivity index (χ0n) is 12.7. The smallest absolute Gasteiger partial charge is 0.245 e. The Kier molecular flexibility index (Phi) is 3.96. The molecule has 3 rings (SSSR count). The molecule has 3 aromatic rings. The lowest BCUT2D eigenvalue weighted by molar-refractivity contribution is -0.125. The number of nitrogens with one attached hydrogen (secondary N) is 1. The lowest BCUT2D eigenvalue weighted by atomic mass is 10.1. The van der Waals surface area contributed by atoms with Crippen LogP contribution in [-0.4, -0.2) is 15.7 Å². The van der Waals surface area contributed by atoms with E-state index in [-0.39, 0.29) is 11.9 Å². The van der Waals surface area contributed by atoms with Crippen molar-refractivity contribution in [3.05, 3.63) is 54.0 Å². The van der Waals surface area contributed by atoms with E-state index in [1.807, 2.05) is 44.2 Å². The van der Waals surface area contributed by atoms with Gasteiger partial charge < -0.3 is 9.73 Å². The minimum atomic E-state index is -0.292. The molecule has 0 unspecified atom stereocenters. The summed E-state index contributed by atoms with van der Waals surface area (Å²) in [6, 6.07) is 9.42. The minimum absolute atomic E-state index is 0.0499. The maximum Gasteiger partial charge on any atom is 0.245 e. The van der Waals surface area contributed by atoms with Gasteiger partial charge in [0.1, 0.15) is 17.4 Å². The summed E-state index contributed by atoms with van der Waals surface area (Å²) in [5.74, 6) is 0.746. The molecule has 114 valence electrons. The Morgan fingerprint density at radius 3 is 2.86 bits per heavy atom. The van der Waals surface area contributed by atoms with Crippen molar-refractivity contribution < 1.29 is 9.21 Å². The van der Waals surface area contributed by atoms with Crippen molar-refractivity contribution in [2.75, 3.05) is 0 Å². The van der Waals surface area contributed by atoms with Crippen molar-refractivity contribution in [2.24, 2.45) is 0 Å². The number of hydrogen-bond donors (Lipinski definition) is 1. The number of nitrogens with zero attached hydrogens (tertiary/aromatic N) is 2. The molecule has 5 nitrogen and oxygen atoms in total. The zero-order valence-corrected chi connectivity index (χ0v) is 12.7. The maximum absolute atomic E-state index is 12.4. The quantitative estimate of drug-likeness (QED) is 0.786. The predicted molar refractivity (Wildman–Crippen MR) is 84.4 cm³/mol.